The SMILES string of the molecule is CCc1ccccc1-n1cnnc1SCC(=O)N(Cc1ccccc1)C(C)C. The number of carbonyl (C=O) groups is 1. The molecule has 0 N–H and O–H groups in total. The Morgan fingerprint density at radius 3 is 2.54 bits per heavy atom. The van der Waals surface area contributed by atoms with E-state index in [0.29, 0.717) is 12.3 Å². The molecular formula is C22H26N4OS. The molecule has 2 aromatic carbocycles. The summed E-state index contributed by atoms with van der Waals surface area (Å²) >= 11 is 1.43. The quantitative estimate of drug-likeness (QED) is 0.533. The summed E-state index contributed by atoms with van der Waals surface area (Å²) in [7, 11) is 0. The Hall–Kier alpha value is -2.60. The number of carbonyl (C=O) groups excluding carboxylic acids is 1. The number of hydrogen-bond donors (Lipinski definition) is 0. The highest BCUT2D eigenvalue weighted by molar-refractivity contribution is 7.99. The number of rotatable bonds is 8. The smallest absolute Gasteiger partial charge is 0.233 e. The van der Waals surface area contributed by atoms with Crippen molar-refractivity contribution in [3.63, 3.8) is 0 Å². The standard InChI is InChI=1S/C22H26N4OS/c1-4-19-12-8-9-13-20(19)26-16-23-24-22(26)28-15-21(27)25(17(2)3)14-18-10-6-5-7-11-18/h5-13,16-17H,4,14-15H2,1-3H3. The third-order valence-corrected chi connectivity index (χ3v) is 5.54. The maximum atomic E-state index is 12.9. The number of thioether (sulfide) groups is 1. The van der Waals surface area contributed by atoms with Crippen molar-refractivity contribution in [1.82, 2.24) is 19.7 Å². The summed E-state index contributed by atoms with van der Waals surface area (Å²) in [6, 6.07) is 18.4. The van der Waals surface area contributed by atoms with Crippen molar-refractivity contribution in [2.45, 2.75) is 44.9 Å². The van der Waals surface area contributed by atoms with Crippen LogP contribution in [0.2, 0.25) is 0 Å². The largest absolute Gasteiger partial charge is 0.335 e. The molecule has 0 bridgehead atoms. The summed E-state index contributed by atoms with van der Waals surface area (Å²) < 4.78 is 1.97. The number of hydrogen-bond acceptors (Lipinski definition) is 4. The van der Waals surface area contributed by atoms with Gasteiger partial charge in [-0.15, -0.1) is 10.2 Å². The van der Waals surface area contributed by atoms with Crippen LogP contribution in [0, 0.1) is 0 Å². The summed E-state index contributed by atoms with van der Waals surface area (Å²) in [6.07, 6.45) is 2.64. The number of amides is 1. The second kappa shape index (κ2) is 9.55. The lowest BCUT2D eigenvalue weighted by Gasteiger charge is -2.26. The van der Waals surface area contributed by atoms with Crippen molar-refractivity contribution in [2.75, 3.05) is 5.75 Å². The second-order valence-electron chi connectivity index (χ2n) is 6.86. The van der Waals surface area contributed by atoms with E-state index in [1.165, 1.54) is 17.3 Å². The number of nitrogens with zero attached hydrogens (tertiary/aromatic N) is 4. The van der Waals surface area contributed by atoms with Crippen LogP contribution in [0.25, 0.3) is 5.69 Å². The predicted molar refractivity (Wildman–Crippen MR) is 114 cm³/mol. The molecule has 3 aromatic rings. The van der Waals surface area contributed by atoms with Crippen LogP contribution < -0.4 is 0 Å². The van der Waals surface area contributed by atoms with Gasteiger partial charge in [-0.25, -0.2) is 0 Å². The van der Waals surface area contributed by atoms with Gasteiger partial charge >= 0.3 is 0 Å². The topological polar surface area (TPSA) is 51.0 Å². The number of benzene rings is 2. The number of aryl methyl sites for hydroxylation is 1. The maximum Gasteiger partial charge on any atom is 0.233 e. The predicted octanol–water partition coefficient (Wildman–Crippen LogP) is 4.36. The first-order chi connectivity index (χ1) is 13.6. The lowest BCUT2D eigenvalue weighted by molar-refractivity contribution is -0.130. The van der Waals surface area contributed by atoms with Crippen molar-refractivity contribution < 1.29 is 4.79 Å². The van der Waals surface area contributed by atoms with Gasteiger partial charge in [0, 0.05) is 12.6 Å². The molecule has 0 atom stereocenters. The normalized spacial score (nSPS) is 11.0. The Morgan fingerprint density at radius 2 is 1.82 bits per heavy atom. The van der Waals surface area contributed by atoms with Crippen molar-refractivity contribution in [3.8, 4) is 5.69 Å². The van der Waals surface area contributed by atoms with Gasteiger partial charge in [0.25, 0.3) is 0 Å². The highest BCUT2D eigenvalue weighted by atomic mass is 32.2. The lowest BCUT2D eigenvalue weighted by Crippen LogP contribution is -2.37. The fourth-order valence-electron chi connectivity index (χ4n) is 3.08. The van der Waals surface area contributed by atoms with Crippen molar-refractivity contribution >= 4 is 17.7 Å². The molecule has 1 amide bonds. The first kappa shape index (κ1) is 20.1. The molecule has 0 fully saturated rings. The van der Waals surface area contributed by atoms with Crippen molar-refractivity contribution in [2.24, 2.45) is 0 Å². The van der Waals surface area contributed by atoms with E-state index in [0.717, 1.165) is 22.8 Å². The zero-order valence-corrected chi connectivity index (χ0v) is 17.4. The minimum atomic E-state index is 0.0992. The average Bonchev–Trinajstić information content (AvgIpc) is 3.19. The van der Waals surface area contributed by atoms with Gasteiger partial charge in [0.15, 0.2) is 5.16 Å². The van der Waals surface area contributed by atoms with Gasteiger partial charge in [0.05, 0.1) is 11.4 Å². The van der Waals surface area contributed by atoms with Crippen molar-refractivity contribution in [1.29, 1.82) is 0 Å². The van der Waals surface area contributed by atoms with Crippen LogP contribution in [0.15, 0.2) is 66.1 Å². The Kier molecular flexibility index (Phi) is 6.87. The fraction of sp³-hybridized carbons (Fsp3) is 0.318. The monoisotopic (exact) mass is 394 g/mol. The molecule has 0 aliphatic rings. The Bertz CT molecular complexity index is 908. The van der Waals surface area contributed by atoms with Crippen molar-refractivity contribution in [3.05, 3.63) is 72.1 Å². The van der Waals surface area contributed by atoms with Crippen LogP contribution in [0.4, 0.5) is 0 Å². The molecule has 0 saturated heterocycles. The molecule has 146 valence electrons. The van der Waals surface area contributed by atoms with E-state index >= 15 is 0 Å². The zero-order chi connectivity index (χ0) is 19.9. The summed E-state index contributed by atoms with van der Waals surface area (Å²) in [5, 5.41) is 9.03. The molecule has 0 aliphatic heterocycles. The molecule has 0 saturated carbocycles. The second-order valence-corrected chi connectivity index (χ2v) is 7.80. The fourth-order valence-corrected chi connectivity index (χ4v) is 3.89. The van der Waals surface area contributed by atoms with Crippen LogP contribution in [0.1, 0.15) is 31.9 Å². The van der Waals surface area contributed by atoms with Crippen LogP contribution in [0.3, 0.4) is 0 Å². The average molecular weight is 395 g/mol. The molecule has 1 aromatic heterocycles. The maximum absolute atomic E-state index is 12.9. The summed E-state index contributed by atoms with van der Waals surface area (Å²) in [5.74, 6) is 0.431. The first-order valence-electron chi connectivity index (χ1n) is 9.54. The molecule has 0 radical (unpaired) electrons. The molecular weight excluding hydrogens is 368 g/mol. The van der Waals surface area contributed by atoms with Gasteiger partial charge in [-0.05, 0) is 37.5 Å². The van der Waals surface area contributed by atoms with Gasteiger partial charge in [-0.1, -0.05) is 67.2 Å². The van der Waals surface area contributed by atoms with Crippen LogP contribution in [-0.2, 0) is 17.8 Å². The highest BCUT2D eigenvalue weighted by Gasteiger charge is 2.19. The molecule has 28 heavy (non-hydrogen) atoms. The van der Waals surface area contributed by atoms with Gasteiger partial charge in [-0.3, -0.25) is 9.36 Å². The first-order valence-corrected chi connectivity index (χ1v) is 10.5. The number of para-hydroxylation sites is 1. The molecule has 6 heteroatoms. The van der Waals surface area contributed by atoms with E-state index in [-0.39, 0.29) is 11.9 Å². The minimum absolute atomic E-state index is 0.0992. The van der Waals surface area contributed by atoms with E-state index < -0.39 is 0 Å². The third kappa shape index (κ3) is 4.81. The van der Waals surface area contributed by atoms with Gasteiger partial charge in [0.2, 0.25) is 5.91 Å². The summed E-state index contributed by atoms with van der Waals surface area (Å²) in [5.41, 5.74) is 3.42. The Morgan fingerprint density at radius 1 is 1.11 bits per heavy atom. The molecule has 1 heterocycles. The lowest BCUT2D eigenvalue weighted by atomic mass is 10.1. The summed E-state index contributed by atoms with van der Waals surface area (Å²) in [4.78, 5) is 14.8. The van der Waals surface area contributed by atoms with Crippen LogP contribution >= 0.6 is 11.8 Å². The highest BCUT2D eigenvalue weighted by Crippen LogP contribution is 2.23. The zero-order valence-electron chi connectivity index (χ0n) is 16.6. The van der Waals surface area contributed by atoms with Gasteiger partial charge in [0.1, 0.15) is 6.33 Å². The molecule has 5 nitrogen and oxygen atoms in total. The van der Waals surface area contributed by atoms with E-state index in [1.807, 2.05) is 65.8 Å². The van der Waals surface area contributed by atoms with Gasteiger partial charge in [-0.2, -0.15) is 0 Å². The Balaban J connectivity index is 1.71. The van der Waals surface area contributed by atoms with Crippen LogP contribution in [-0.4, -0.2) is 37.4 Å². The molecule has 3 rings (SSSR count). The molecule has 0 spiro atoms. The van der Waals surface area contributed by atoms with Gasteiger partial charge < -0.3 is 4.90 Å². The van der Waals surface area contributed by atoms with E-state index in [9.17, 15) is 4.79 Å². The number of aromatic nitrogens is 3. The third-order valence-electron chi connectivity index (χ3n) is 4.61. The molecule has 0 aliphatic carbocycles. The summed E-state index contributed by atoms with van der Waals surface area (Å²) in [6.45, 7) is 6.84. The van der Waals surface area contributed by atoms with E-state index in [2.05, 4.69) is 29.3 Å². The Labute approximate surface area is 170 Å². The van der Waals surface area contributed by atoms with E-state index in [4.69, 9.17) is 0 Å². The molecule has 0 unspecified atom stereocenters. The van der Waals surface area contributed by atoms with Crippen LogP contribution in [0.5, 0.6) is 0 Å². The minimum Gasteiger partial charge on any atom is -0.335 e. The van der Waals surface area contributed by atoms with E-state index in [1.54, 1.807) is 6.33 Å².